The minimum atomic E-state index is -3.56. The quantitative estimate of drug-likeness (QED) is 0.526. The summed E-state index contributed by atoms with van der Waals surface area (Å²) in [6, 6.07) is 14.3. The first-order chi connectivity index (χ1) is 15.8. The molecule has 1 aliphatic rings. The zero-order valence-corrected chi connectivity index (χ0v) is 20.5. The molecule has 174 valence electrons. The number of sulfonamides is 1. The number of benzene rings is 2. The Hall–Kier alpha value is -2.68. The smallest absolute Gasteiger partial charge is 0.243 e. The highest BCUT2D eigenvalue weighted by Gasteiger charge is 2.30. The maximum atomic E-state index is 13.0. The lowest BCUT2D eigenvalue weighted by Crippen LogP contribution is -2.49. The summed E-state index contributed by atoms with van der Waals surface area (Å²) in [4.78, 5) is 11.8. The Balaban J connectivity index is 1.54. The van der Waals surface area contributed by atoms with Gasteiger partial charge in [0.05, 0.1) is 12.0 Å². The van der Waals surface area contributed by atoms with Gasteiger partial charge in [-0.3, -0.25) is 0 Å². The molecule has 9 heteroatoms. The van der Waals surface area contributed by atoms with E-state index in [1.54, 1.807) is 31.4 Å². The Morgan fingerprint density at radius 1 is 0.939 bits per heavy atom. The van der Waals surface area contributed by atoms with Crippen LogP contribution in [0.25, 0.3) is 0 Å². The van der Waals surface area contributed by atoms with Crippen LogP contribution in [-0.4, -0.2) is 56.0 Å². The molecule has 0 atom stereocenters. The maximum absolute atomic E-state index is 13.0. The number of piperazine rings is 1. The number of halogens is 1. The van der Waals surface area contributed by atoms with E-state index in [-0.39, 0.29) is 4.90 Å². The minimum Gasteiger partial charge on any atom is -0.497 e. The van der Waals surface area contributed by atoms with Gasteiger partial charge in [-0.2, -0.15) is 4.31 Å². The van der Waals surface area contributed by atoms with Crippen molar-refractivity contribution >= 4 is 27.4 Å². The third-order valence-electron chi connectivity index (χ3n) is 5.83. The number of ether oxygens (including phenoxy) is 1. The first-order valence-corrected chi connectivity index (χ1v) is 12.6. The Kier molecular flexibility index (Phi) is 6.88. The van der Waals surface area contributed by atoms with Gasteiger partial charge in [0.2, 0.25) is 10.0 Å². The number of aromatic nitrogens is 2. The van der Waals surface area contributed by atoms with E-state index in [4.69, 9.17) is 21.3 Å². The molecule has 3 aromatic rings. The number of aryl methyl sites for hydroxylation is 2. The lowest BCUT2D eigenvalue weighted by atomic mass is 10.0. The lowest BCUT2D eigenvalue weighted by molar-refractivity contribution is 0.383. The van der Waals surface area contributed by atoms with Crippen molar-refractivity contribution in [2.24, 2.45) is 0 Å². The SMILES string of the molecule is COc1ccc(Cc2c(C)nc(C)nc2N2CCN(S(=O)(=O)c3ccc(Cl)cc3)CC2)cc1. The van der Waals surface area contributed by atoms with Crippen LogP contribution in [0, 0.1) is 13.8 Å². The average Bonchev–Trinajstić information content (AvgIpc) is 2.81. The second-order valence-corrected chi connectivity index (χ2v) is 10.4. The standard InChI is InChI=1S/C24H27ClN4O3S/c1-17-23(16-19-4-8-21(32-3)9-5-19)24(27-18(2)26-17)28-12-14-29(15-13-28)33(30,31)22-10-6-20(25)7-11-22/h4-11H,12-16H2,1-3H3. The molecule has 0 unspecified atom stereocenters. The molecule has 2 heterocycles. The molecule has 0 spiro atoms. The van der Waals surface area contributed by atoms with Crippen LogP contribution in [0.3, 0.4) is 0 Å². The van der Waals surface area contributed by atoms with E-state index in [1.807, 2.05) is 38.1 Å². The zero-order chi connectivity index (χ0) is 23.6. The van der Waals surface area contributed by atoms with Crippen LogP contribution in [-0.2, 0) is 16.4 Å². The van der Waals surface area contributed by atoms with Crippen LogP contribution in [0.4, 0.5) is 5.82 Å². The largest absolute Gasteiger partial charge is 0.497 e. The molecule has 0 amide bonds. The van der Waals surface area contributed by atoms with Crippen LogP contribution in [0.1, 0.15) is 22.6 Å². The Morgan fingerprint density at radius 3 is 2.18 bits per heavy atom. The summed E-state index contributed by atoms with van der Waals surface area (Å²) in [5.41, 5.74) is 3.13. The van der Waals surface area contributed by atoms with Crippen molar-refractivity contribution in [2.45, 2.75) is 25.2 Å². The molecule has 0 N–H and O–H groups in total. The molecule has 1 aliphatic heterocycles. The molecule has 1 aromatic heterocycles. The Morgan fingerprint density at radius 2 is 1.58 bits per heavy atom. The normalized spacial score (nSPS) is 15.0. The number of rotatable bonds is 6. The number of hydrogen-bond acceptors (Lipinski definition) is 6. The Bertz CT molecular complexity index is 1220. The van der Waals surface area contributed by atoms with Gasteiger partial charge in [-0.05, 0) is 55.8 Å². The van der Waals surface area contributed by atoms with Crippen LogP contribution >= 0.6 is 11.6 Å². The predicted octanol–water partition coefficient (Wildman–Crippen LogP) is 3.86. The molecule has 0 aliphatic carbocycles. The highest BCUT2D eigenvalue weighted by molar-refractivity contribution is 7.89. The summed E-state index contributed by atoms with van der Waals surface area (Å²) < 4.78 is 32.9. The van der Waals surface area contributed by atoms with Crippen molar-refractivity contribution < 1.29 is 13.2 Å². The van der Waals surface area contributed by atoms with Gasteiger partial charge in [-0.15, -0.1) is 0 Å². The zero-order valence-electron chi connectivity index (χ0n) is 19.0. The lowest BCUT2D eigenvalue weighted by Gasteiger charge is -2.36. The molecule has 7 nitrogen and oxygen atoms in total. The average molecular weight is 487 g/mol. The summed E-state index contributed by atoms with van der Waals surface area (Å²) in [6.45, 7) is 5.76. The summed E-state index contributed by atoms with van der Waals surface area (Å²) in [5, 5.41) is 0.512. The van der Waals surface area contributed by atoms with Gasteiger partial charge in [0.15, 0.2) is 0 Å². The molecule has 33 heavy (non-hydrogen) atoms. The minimum absolute atomic E-state index is 0.259. The monoisotopic (exact) mass is 486 g/mol. The molecular formula is C24H27ClN4O3S. The van der Waals surface area contributed by atoms with Gasteiger partial charge in [-0.25, -0.2) is 18.4 Å². The molecule has 0 radical (unpaired) electrons. The molecule has 1 fully saturated rings. The fraction of sp³-hybridized carbons (Fsp3) is 0.333. The van der Waals surface area contributed by atoms with Gasteiger partial charge >= 0.3 is 0 Å². The van der Waals surface area contributed by atoms with E-state index >= 15 is 0 Å². The fourth-order valence-corrected chi connectivity index (χ4v) is 5.58. The highest BCUT2D eigenvalue weighted by Crippen LogP contribution is 2.27. The number of methoxy groups -OCH3 is 1. The topological polar surface area (TPSA) is 75.6 Å². The van der Waals surface area contributed by atoms with Gasteiger partial charge in [-0.1, -0.05) is 23.7 Å². The maximum Gasteiger partial charge on any atom is 0.243 e. The second-order valence-electron chi connectivity index (χ2n) is 8.03. The highest BCUT2D eigenvalue weighted by atomic mass is 35.5. The molecule has 0 bridgehead atoms. The van der Waals surface area contributed by atoms with Crippen LogP contribution in [0.15, 0.2) is 53.4 Å². The Labute approximate surface area is 200 Å². The number of anilines is 1. The number of hydrogen-bond donors (Lipinski definition) is 0. The van der Waals surface area contributed by atoms with Gasteiger partial charge in [0, 0.05) is 48.9 Å². The molecular weight excluding hydrogens is 460 g/mol. The first kappa shape index (κ1) is 23.5. The van der Waals surface area contributed by atoms with Gasteiger partial charge in [0.25, 0.3) is 0 Å². The number of nitrogens with zero attached hydrogens (tertiary/aromatic N) is 4. The summed E-state index contributed by atoms with van der Waals surface area (Å²) >= 11 is 5.91. The van der Waals surface area contributed by atoms with Crippen molar-refractivity contribution in [3.8, 4) is 5.75 Å². The van der Waals surface area contributed by atoms with Gasteiger partial charge in [0.1, 0.15) is 17.4 Å². The molecule has 1 saturated heterocycles. The van der Waals surface area contributed by atoms with Crippen molar-refractivity contribution in [3.05, 3.63) is 76.2 Å². The summed E-state index contributed by atoms with van der Waals surface area (Å²) in [5.74, 6) is 2.39. The third kappa shape index (κ3) is 5.13. The van der Waals surface area contributed by atoms with Crippen LogP contribution in [0.2, 0.25) is 5.02 Å². The van der Waals surface area contributed by atoms with Crippen molar-refractivity contribution in [3.63, 3.8) is 0 Å². The van der Waals surface area contributed by atoms with Crippen molar-refractivity contribution in [2.75, 3.05) is 38.2 Å². The van der Waals surface area contributed by atoms with E-state index in [2.05, 4.69) is 9.88 Å². The van der Waals surface area contributed by atoms with Crippen molar-refractivity contribution in [1.82, 2.24) is 14.3 Å². The summed E-state index contributed by atoms with van der Waals surface area (Å²) in [7, 11) is -1.91. The van der Waals surface area contributed by atoms with E-state index in [9.17, 15) is 8.42 Å². The third-order valence-corrected chi connectivity index (χ3v) is 8.00. The van der Waals surface area contributed by atoms with Gasteiger partial charge < -0.3 is 9.64 Å². The molecule has 2 aromatic carbocycles. The molecule has 4 rings (SSSR count). The second kappa shape index (κ2) is 9.67. The predicted molar refractivity (Wildman–Crippen MR) is 130 cm³/mol. The van der Waals surface area contributed by atoms with E-state index in [0.29, 0.717) is 43.4 Å². The first-order valence-electron chi connectivity index (χ1n) is 10.8. The summed E-state index contributed by atoms with van der Waals surface area (Å²) in [6.07, 6.45) is 0.689. The van der Waals surface area contributed by atoms with Crippen molar-refractivity contribution in [1.29, 1.82) is 0 Å². The fourth-order valence-electron chi connectivity index (χ4n) is 4.03. The van der Waals surface area contributed by atoms with Crippen LogP contribution in [0.5, 0.6) is 5.75 Å². The molecule has 0 saturated carbocycles. The van der Waals surface area contributed by atoms with E-state index < -0.39 is 10.0 Å². The van der Waals surface area contributed by atoms with Crippen LogP contribution < -0.4 is 9.64 Å². The van der Waals surface area contributed by atoms with E-state index in [0.717, 1.165) is 28.4 Å². The van der Waals surface area contributed by atoms with E-state index in [1.165, 1.54) is 4.31 Å².